The minimum absolute atomic E-state index is 0.0341. The van der Waals surface area contributed by atoms with Crippen LogP contribution in [0.25, 0.3) is 0 Å². The monoisotopic (exact) mass is 268 g/mol. The minimum atomic E-state index is -0.787. The quantitative estimate of drug-likeness (QED) is 0.847. The van der Waals surface area contributed by atoms with Gasteiger partial charge in [0.2, 0.25) is 0 Å². The van der Waals surface area contributed by atoms with Crippen LogP contribution in [-0.2, 0) is 4.79 Å². The normalized spacial score (nSPS) is 26.8. The number of aliphatic carboxylic acids is 1. The van der Waals surface area contributed by atoms with Gasteiger partial charge in [-0.3, -0.25) is 4.79 Å². The van der Waals surface area contributed by atoms with Crippen molar-refractivity contribution in [3.05, 3.63) is 0 Å². The van der Waals surface area contributed by atoms with Crippen molar-refractivity contribution in [2.75, 3.05) is 19.6 Å². The van der Waals surface area contributed by atoms with Crippen molar-refractivity contribution in [2.45, 2.75) is 39.7 Å². The van der Waals surface area contributed by atoms with Gasteiger partial charge in [-0.1, -0.05) is 20.8 Å². The van der Waals surface area contributed by atoms with E-state index in [1.165, 1.54) is 0 Å². The molecule has 1 aliphatic heterocycles. The lowest BCUT2D eigenvalue weighted by atomic mass is 9.99. The molecule has 5 heteroatoms. The van der Waals surface area contributed by atoms with Crippen LogP contribution in [0.2, 0.25) is 0 Å². The van der Waals surface area contributed by atoms with Gasteiger partial charge in [-0.2, -0.15) is 0 Å². The zero-order chi connectivity index (χ0) is 14.2. The molecule has 2 amide bonds. The molecule has 0 unspecified atom stereocenters. The molecule has 1 saturated heterocycles. The Morgan fingerprint density at radius 1 is 1.32 bits per heavy atom. The van der Waals surface area contributed by atoms with E-state index in [0.717, 1.165) is 19.4 Å². The second kappa shape index (κ2) is 5.39. The number of likely N-dealkylation sites (tertiary alicyclic amines) is 1. The van der Waals surface area contributed by atoms with Crippen molar-refractivity contribution in [3.8, 4) is 0 Å². The van der Waals surface area contributed by atoms with Gasteiger partial charge in [0.1, 0.15) is 0 Å². The standard InChI is InChI=1S/C14H24N2O3/c1-9(2)6-16(11-4-5-11)14(19)15-7-10(3)12(8-15)13(17)18/h9-12H,4-8H2,1-3H3,(H,17,18)/t10-,12-/m1/s1. The van der Waals surface area contributed by atoms with E-state index in [1.807, 2.05) is 11.8 Å². The van der Waals surface area contributed by atoms with E-state index >= 15 is 0 Å². The van der Waals surface area contributed by atoms with E-state index in [-0.39, 0.29) is 11.9 Å². The SMILES string of the molecule is CC(C)CN(C(=O)N1C[C@@H](C)[C@H](C(=O)O)C1)C1CC1. The molecule has 2 atom stereocenters. The van der Waals surface area contributed by atoms with Gasteiger partial charge in [0.15, 0.2) is 0 Å². The zero-order valence-electron chi connectivity index (χ0n) is 12.0. The van der Waals surface area contributed by atoms with Gasteiger partial charge in [-0.25, -0.2) is 4.79 Å². The fourth-order valence-corrected chi connectivity index (χ4v) is 2.79. The van der Waals surface area contributed by atoms with Crippen LogP contribution >= 0.6 is 0 Å². The molecule has 1 saturated carbocycles. The third kappa shape index (κ3) is 3.19. The van der Waals surface area contributed by atoms with Crippen molar-refractivity contribution in [1.82, 2.24) is 9.80 Å². The highest BCUT2D eigenvalue weighted by molar-refractivity contribution is 5.78. The second-order valence-corrected chi connectivity index (χ2v) is 6.39. The summed E-state index contributed by atoms with van der Waals surface area (Å²) >= 11 is 0. The summed E-state index contributed by atoms with van der Waals surface area (Å²) < 4.78 is 0. The number of carbonyl (C=O) groups is 2. The van der Waals surface area contributed by atoms with E-state index in [0.29, 0.717) is 25.0 Å². The van der Waals surface area contributed by atoms with Crippen molar-refractivity contribution in [3.63, 3.8) is 0 Å². The molecule has 1 aliphatic carbocycles. The number of nitrogens with zero attached hydrogens (tertiary/aromatic N) is 2. The molecular weight excluding hydrogens is 244 g/mol. The second-order valence-electron chi connectivity index (χ2n) is 6.39. The van der Waals surface area contributed by atoms with Crippen LogP contribution in [0, 0.1) is 17.8 Å². The maximum absolute atomic E-state index is 12.5. The van der Waals surface area contributed by atoms with Crippen LogP contribution in [0.5, 0.6) is 0 Å². The molecule has 108 valence electrons. The summed E-state index contributed by atoms with van der Waals surface area (Å²) in [6, 6.07) is 0.417. The number of amides is 2. The lowest BCUT2D eigenvalue weighted by Gasteiger charge is -2.29. The smallest absolute Gasteiger partial charge is 0.320 e. The van der Waals surface area contributed by atoms with Gasteiger partial charge in [0.05, 0.1) is 5.92 Å². The van der Waals surface area contributed by atoms with Crippen LogP contribution in [-0.4, -0.2) is 52.6 Å². The average Bonchev–Trinajstić information content (AvgIpc) is 3.07. The molecule has 0 radical (unpaired) electrons. The third-order valence-electron chi connectivity index (χ3n) is 4.00. The molecule has 2 fully saturated rings. The highest BCUT2D eigenvalue weighted by Crippen LogP contribution is 2.31. The van der Waals surface area contributed by atoms with E-state index in [9.17, 15) is 9.59 Å². The molecule has 0 aromatic carbocycles. The Labute approximate surface area is 114 Å². The third-order valence-corrected chi connectivity index (χ3v) is 4.00. The first kappa shape index (κ1) is 14.2. The topological polar surface area (TPSA) is 60.9 Å². The first-order chi connectivity index (χ1) is 8.90. The minimum Gasteiger partial charge on any atom is -0.481 e. The van der Waals surface area contributed by atoms with Crippen LogP contribution in [0.4, 0.5) is 4.79 Å². The fraction of sp³-hybridized carbons (Fsp3) is 0.857. The Kier molecular flexibility index (Phi) is 4.02. The summed E-state index contributed by atoms with van der Waals surface area (Å²) in [5.41, 5.74) is 0. The Balaban J connectivity index is 2.00. The number of rotatable bonds is 4. The number of hydrogen-bond donors (Lipinski definition) is 1. The molecule has 0 aromatic heterocycles. The molecule has 0 aromatic rings. The van der Waals surface area contributed by atoms with Crippen LogP contribution in [0.1, 0.15) is 33.6 Å². The van der Waals surface area contributed by atoms with Crippen molar-refractivity contribution < 1.29 is 14.7 Å². The largest absolute Gasteiger partial charge is 0.481 e. The van der Waals surface area contributed by atoms with E-state index < -0.39 is 11.9 Å². The number of carboxylic acid groups (broad SMARTS) is 1. The fourth-order valence-electron chi connectivity index (χ4n) is 2.79. The van der Waals surface area contributed by atoms with Gasteiger partial charge in [-0.05, 0) is 24.7 Å². The first-order valence-corrected chi connectivity index (χ1v) is 7.18. The van der Waals surface area contributed by atoms with Crippen LogP contribution in [0.3, 0.4) is 0 Å². The highest BCUT2D eigenvalue weighted by atomic mass is 16.4. The van der Waals surface area contributed by atoms with E-state index in [1.54, 1.807) is 4.90 Å². The highest BCUT2D eigenvalue weighted by Gasteiger charge is 2.41. The molecule has 0 spiro atoms. The van der Waals surface area contributed by atoms with Crippen molar-refractivity contribution in [2.24, 2.45) is 17.8 Å². The van der Waals surface area contributed by atoms with Gasteiger partial charge >= 0.3 is 12.0 Å². The summed E-state index contributed by atoms with van der Waals surface area (Å²) in [7, 11) is 0. The van der Waals surface area contributed by atoms with Crippen LogP contribution < -0.4 is 0 Å². The van der Waals surface area contributed by atoms with Gasteiger partial charge in [0.25, 0.3) is 0 Å². The lowest BCUT2D eigenvalue weighted by Crippen LogP contribution is -2.45. The molecule has 5 nitrogen and oxygen atoms in total. The Morgan fingerprint density at radius 3 is 2.37 bits per heavy atom. The van der Waals surface area contributed by atoms with Gasteiger partial charge < -0.3 is 14.9 Å². The summed E-state index contributed by atoms with van der Waals surface area (Å²) in [6.07, 6.45) is 2.18. The molecule has 0 bridgehead atoms. The van der Waals surface area contributed by atoms with Gasteiger partial charge in [0, 0.05) is 25.7 Å². The molecule has 1 heterocycles. The van der Waals surface area contributed by atoms with Crippen molar-refractivity contribution in [1.29, 1.82) is 0 Å². The first-order valence-electron chi connectivity index (χ1n) is 7.18. The lowest BCUT2D eigenvalue weighted by molar-refractivity contribution is -0.142. The summed E-state index contributed by atoms with van der Waals surface area (Å²) in [5.74, 6) is -0.713. The van der Waals surface area contributed by atoms with Crippen LogP contribution in [0.15, 0.2) is 0 Å². The average molecular weight is 268 g/mol. The van der Waals surface area contributed by atoms with Gasteiger partial charge in [-0.15, -0.1) is 0 Å². The van der Waals surface area contributed by atoms with Crippen molar-refractivity contribution >= 4 is 12.0 Å². The van der Waals surface area contributed by atoms with E-state index in [4.69, 9.17) is 5.11 Å². The number of carboxylic acids is 1. The molecule has 2 aliphatic rings. The van der Waals surface area contributed by atoms with E-state index in [2.05, 4.69) is 13.8 Å². The summed E-state index contributed by atoms with van der Waals surface area (Å²) in [4.78, 5) is 27.3. The molecular formula is C14H24N2O3. The number of hydrogen-bond acceptors (Lipinski definition) is 2. The predicted molar refractivity (Wildman–Crippen MR) is 71.8 cm³/mol. The zero-order valence-corrected chi connectivity index (χ0v) is 12.0. The maximum Gasteiger partial charge on any atom is 0.320 e. The Bertz CT molecular complexity index is 366. The number of urea groups is 1. The Morgan fingerprint density at radius 2 is 1.95 bits per heavy atom. The summed E-state index contributed by atoms with van der Waals surface area (Å²) in [5, 5.41) is 9.14. The molecule has 19 heavy (non-hydrogen) atoms. The number of carbonyl (C=O) groups excluding carboxylic acids is 1. The molecule has 2 rings (SSSR count). The summed E-state index contributed by atoms with van der Waals surface area (Å²) in [6.45, 7) is 7.82. The molecule has 1 N–H and O–H groups in total. The Hall–Kier alpha value is -1.26. The predicted octanol–water partition coefficient (Wildman–Crippen LogP) is 1.88. The maximum atomic E-state index is 12.5.